The van der Waals surface area contributed by atoms with Crippen LogP contribution in [0.1, 0.15) is 25.8 Å². The molecule has 0 aliphatic carbocycles. The third kappa shape index (κ3) is 5.68. The van der Waals surface area contributed by atoms with Crippen molar-refractivity contribution in [3.05, 3.63) is 29.8 Å². The Morgan fingerprint density at radius 3 is 2.79 bits per heavy atom. The van der Waals surface area contributed by atoms with E-state index >= 15 is 0 Å². The molecule has 0 saturated carbocycles. The van der Waals surface area contributed by atoms with Gasteiger partial charge < -0.3 is 15.0 Å². The Labute approximate surface area is 143 Å². The van der Waals surface area contributed by atoms with Gasteiger partial charge in [-0.05, 0) is 31.0 Å². The van der Waals surface area contributed by atoms with Gasteiger partial charge in [0.05, 0.1) is 18.5 Å². The Kier molecular flexibility index (Phi) is 6.06. The molecule has 0 radical (unpaired) electrons. The van der Waals surface area contributed by atoms with Crippen LogP contribution < -0.4 is 10.0 Å². The first kappa shape index (κ1) is 18.5. The van der Waals surface area contributed by atoms with Gasteiger partial charge in [0, 0.05) is 25.3 Å². The molecule has 0 spiro atoms. The molecule has 24 heavy (non-hydrogen) atoms. The van der Waals surface area contributed by atoms with Crippen LogP contribution in [0, 0.1) is 0 Å². The quantitative estimate of drug-likeness (QED) is 0.842. The third-order valence-corrected chi connectivity index (χ3v) is 4.35. The number of nitrogens with zero attached hydrogens (tertiary/aromatic N) is 1. The molecule has 2 N–H and O–H groups in total. The normalized spacial score (nSPS) is 21.4. The van der Waals surface area contributed by atoms with Gasteiger partial charge in [-0.15, -0.1) is 0 Å². The predicted octanol–water partition coefficient (Wildman–Crippen LogP) is 1.77. The summed E-state index contributed by atoms with van der Waals surface area (Å²) in [5.74, 6) is 0. The van der Waals surface area contributed by atoms with Crippen molar-refractivity contribution in [1.29, 1.82) is 0 Å². The lowest BCUT2D eigenvalue weighted by Gasteiger charge is -2.36. The second kappa shape index (κ2) is 7.85. The third-order valence-electron chi connectivity index (χ3n) is 3.74. The SMILES string of the molecule is CCC1CN(C(=O)NCc2cccc(NS(C)(=O)=O)c2)CC(C)O1. The minimum Gasteiger partial charge on any atom is -0.372 e. The van der Waals surface area contributed by atoms with Gasteiger partial charge in [-0.25, -0.2) is 13.2 Å². The van der Waals surface area contributed by atoms with Crippen molar-refractivity contribution in [2.45, 2.75) is 39.0 Å². The van der Waals surface area contributed by atoms with Crippen molar-refractivity contribution in [2.24, 2.45) is 0 Å². The highest BCUT2D eigenvalue weighted by Gasteiger charge is 2.27. The fourth-order valence-corrected chi connectivity index (χ4v) is 3.24. The standard InChI is InChI=1S/C16H25N3O4S/c1-4-15-11-19(10-12(2)23-15)16(20)17-9-13-6-5-7-14(8-13)18-24(3,21)22/h5-8,12,15,18H,4,9-11H2,1-3H3,(H,17,20). The molecule has 0 aromatic heterocycles. The maximum Gasteiger partial charge on any atom is 0.317 e. The van der Waals surface area contributed by atoms with E-state index in [0.29, 0.717) is 25.3 Å². The molecule has 1 aliphatic heterocycles. The largest absolute Gasteiger partial charge is 0.372 e. The van der Waals surface area contributed by atoms with E-state index in [-0.39, 0.29) is 18.2 Å². The van der Waals surface area contributed by atoms with E-state index in [4.69, 9.17) is 4.74 Å². The van der Waals surface area contributed by atoms with Crippen LogP contribution in [0.5, 0.6) is 0 Å². The topological polar surface area (TPSA) is 87.7 Å². The molecule has 7 nitrogen and oxygen atoms in total. The van der Waals surface area contributed by atoms with Gasteiger partial charge in [-0.1, -0.05) is 19.1 Å². The summed E-state index contributed by atoms with van der Waals surface area (Å²) in [5, 5.41) is 2.88. The number of hydrogen-bond donors (Lipinski definition) is 2. The van der Waals surface area contributed by atoms with Crippen LogP contribution in [-0.2, 0) is 21.3 Å². The molecule has 1 heterocycles. The maximum atomic E-state index is 12.3. The van der Waals surface area contributed by atoms with Crippen LogP contribution in [0.3, 0.4) is 0 Å². The van der Waals surface area contributed by atoms with Crippen molar-refractivity contribution in [1.82, 2.24) is 10.2 Å². The highest BCUT2D eigenvalue weighted by atomic mass is 32.2. The number of amides is 2. The Balaban J connectivity index is 1.93. The first-order chi connectivity index (χ1) is 11.3. The number of carbonyl (C=O) groups is 1. The predicted molar refractivity (Wildman–Crippen MR) is 93.3 cm³/mol. The molecule has 1 aromatic rings. The molecular formula is C16H25N3O4S. The van der Waals surface area contributed by atoms with E-state index in [0.717, 1.165) is 18.2 Å². The Bertz CT molecular complexity index is 678. The number of nitrogens with one attached hydrogen (secondary N) is 2. The summed E-state index contributed by atoms with van der Waals surface area (Å²) >= 11 is 0. The minimum atomic E-state index is -3.32. The lowest BCUT2D eigenvalue weighted by molar-refractivity contribution is -0.0646. The van der Waals surface area contributed by atoms with Gasteiger partial charge in [-0.3, -0.25) is 4.72 Å². The number of morpholine rings is 1. The van der Waals surface area contributed by atoms with Crippen molar-refractivity contribution < 1.29 is 17.9 Å². The zero-order valence-corrected chi connectivity index (χ0v) is 15.1. The molecule has 2 amide bonds. The number of benzene rings is 1. The van der Waals surface area contributed by atoms with Crippen LogP contribution in [-0.4, -0.2) is 50.9 Å². The molecular weight excluding hydrogens is 330 g/mol. The van der Waals surface area contributed by atoms with Crippen LogP contribution in [0.15, 0.2) is 24.3 Å². The fraction of sp³-hybridized carbons (Fsp3) is 0.562. The maximum absolute atomic E-state index is 12.3. The zero-order chi connectivity index (χ0) is 17.7. The highest BCUT2D eigenvalue weighted by molar-refractivity contribution is 7.92. The van der Waals surface area contributed by atoms with Crippen molar-refractivity contribution >= 4 is 21.7 Å². The molecule has 2 atom stereocenters. The molecule has 134 valence electrons. The number of urea groups is 1. The summed E-state index contributed by atoms with van der Waals surface area (Å²) in [6, 6.07) is 6.83. The van der Waals surface area contributed by atoms with Crippen LogP contribution in [0.4, 0.5) is 10.5 Å². The van der Waals surface area contributed by atoms with E-state index in [1.165, 1.54) is 0 Å². The van der Waals surface area contributed by atoms with E-state index in [9.17, 15) is 13.2 Å². The number of sulfonamides is 1. The average molecular weight is 355 g/mol. The fourth-order valence-electron chi connectivity index (χ4n) is 2.68. The number of carbonyl (C=O) groups excluding carboxylic acids is 1. The van der Waals surface area contributed by atoms with Crippen molar-refractivity contribution in [3.8, 4) is 0 Å². The number of hydrogen-bond acceptors (Lipinski definition) is 4. The van der Waals surface area contributed by atoms with Gasteiger partial charge in [0.15, 0.2) is 0 Å². The summed E-state index contributed by atoms with van der Waals surface area (Å²) in [6.07, 6.45) is 2.07. The second-order valence-corrected chi connectivity index (χ2v) is 7.86. The lowest BCUT2D eigenvalue weighted by Crippen LogP contribution is -2.52. The Morgan fingerprint density at radius 1 is 1.38 bits per heavy atom. The van der Waals surface area contributed by atoms with Gasteiger partial charge in [0.1, 0.15) is 0 Å². The summed E-state index contributed by atoms with van der Waals surface area (Å²) in [6.45, 7) is 5.49. The molecule has 0 bridgehead atoms. The molecule has 2 unspecified atom stereocenters. The zero-order valence-electron chi connectivity index (χ0n) is 14.3. The number of ether oxygens (including phenoxy) is 1. The van der Waals surface area contributed by atoms with Crippen LogP contribution in [0.25, 0.3) is 0 Å². The van der Waals surface area contributed by atoms with Gasteiger partial charge >= 0.3 is 6.03 Å². The first-order valence-electron chi connectivity index (χ1n) is 8.01. The van der Waals surface area contributed by atoms with Gasteiger partial charge in [0.2, 0.25) is 10.0 Å². The average Bonchev–Trinajstić information content (AvgIpc) is 2.50. The van der Waals surface area contributed by atoms with Gasteiger partial charge in [-0.2, -0.15) is 0 Å². The second-order valence-electron chi connectivity index (χ2n) is 6.12. The van der Waals surface area contributed by atoms with E-state index in [1.807, 2.05) is 19.9 Å². The molecule has 1 saturated heterocycles. The summed E-state index contributed by atoms with van der Waals surface area (Å²) in [7, 11) is -3.32. The van der Waals surface area contributed by atoms with Crippen molar-refractivity contribution in [3.63, 3.8) is 0 Å². The molecule has 1 aromatic carbocycles. The highest BCUT2D eigenvalue weighted by Crippen LogP contribution is 2.15. The molecule has 8 heteroatoms. The number of rotatable bonds is 5. The number of anilines is 1. The van der Waals surface area contributed by atoms with E-state index < -0.39 is 10.0 Å². The molecule has 1 aliphatic rings. The van der Waals surface area contributed by atoms with Crippen LogP contribution in [0.2, 0.25) is 0 Å². The Hall–Kier alpha value is -1.80. The first-order valence-corrected chi connectivity index (χ1v) is 9.91. The van der Waals surface area contributed by atoms with Crippen molar-refractivity contribution in [2.75, 3.05) is 24.1 Å². The van der Waals surface area contributed by atoms with E-state index in [1.54, 1.807) is 23.1 Å². The van der Waals surface area contributed by atoms with E-state index in [2.05, 4.69) is 10.0 Å². The summed E-state index contributed by atoms with van der Waals surface area (Å²) < 4.78 is 30.7. The lowest BCUT2D eigenvalue weighted by atomic mass is 10.2. The van der Waals surface area contributed by atoms with Crippen LogP contribution >= 0.6 is 0 Å². The smallest absolute Gasteiger partial charge is 0.317 e. The van der Waals surface area contributed by atoms with Gasteiger partial charge in [0.25, 0.3) is 0 Å². The summed E-state index contributed by atoms with van der Waals surface area (Å²) in [4.78, 5) is 14.1. The summed E-state index contributed by atoms with van der Waals surface area (Å²) in [5.41, 5.74) is 1.31. The minimum absolute atomic E-state index is 0.0248. The molecule has 1 fully saturated rings. The Morgan fingerprint density at radius 2 is 2.12 bits per heavy atom. The monoisotopic (exact) mass is 355 g/mol. The molecule has 2 rings (SSSR count).